The summed E-state index contributed by atoms with van der Waals surface area (Å²) in [7, 11) is 1.84. The van der Waals surface area contributed by atoms with Gasteiger partial charge in [0, 0.05) is 54.2 Å². The minimum absolute atomic E-state index is 0.0109. The van der Waals surface area contributed by atoms with Crippen LogP contribution in [0.4, 0.5) is 0 Å². The van der Waals surface area contributed by atoms with Gasteiger partial charge in [0.05, 0.1) is 40.4 Å². The second-order valence-corrected chi connectivity index (χ2v) is 14.5. The first-order valence-electron chi connectivity index (χ1n) is 12.7. The maximum atomic E-state index is 12.9. The Balaban J connectivity index is 1.32. The Morgan fingerprint density at radius 2 is 2.05 bits per heavy atom. The van der Waals surface area contributed by atoms with Crippen LogP contribution in [0.25, 0.3) is 5.52 Å². The van der Waals surface area contributed by atoms with E-state index >= 15 is 0 Å². The Bertz CT molecular complexity index is 1320. The van der Waals surface area contributed by atoms with Crippen molar-refractivity contribution in [3.05, 3.63) is 46.4 Å². The third kappa shape index (κ3) is 5.01. The lowest BCUT2D eigenvalue weighted by Crippen LogP contribution is -2.58. The molecule has 9 nitrogen and oxygen atoms in total. The minimum atomic E-state index is -1.17. The molecule has 3 aliphatic heterocycles. The average molecular weight is 577 g/mol. The molecule has 0 aliphatic carbocycles. The van der Waals surface area contributed by atoms with Gasteiger partial charge in [0.15, 0.2) is 5.94 Å². The number of nitrogens with zero attached hydrogens (tertiary/aromatic N) is 5. The Labute approximate surface area is 235 Å². The van der Waals surface area contributed by atoms with E-state index in [2.05, 4.69) is 27.6 Å². The molecule has 2 aromatic rings. The molecular formula is C26H33ClN6O3S2. The van der Waals surface area contributed by atoms with Crippen molar-refractivity contribution in [3.8, 4) is 0 Å². The third-order valence-corrected chi connectivity index (χ3v) is 10.7. The molecule has 12 heteroatoms. The normalized spacial score (nSPS) is 24.6. The highest BCUT2D eigenvalue weighted by Gasteiger charge is 2.52. The summed E-state index contributed by atoms with van der Waals surface area (Å²) < 4.78 is 23.7. The van der Waals surface area contributed by atoms with Crippen LogP contribution >= 0.6 is 23.4 Å². The summed E-state index contributed by atoms with van der Waals surface area (Å²) in [5.41, 5.74) is 1.13. The summed E-state index contributed by atoms with van der Waals surface area (Å²) in [6.07, 6.45) is 6.99. The molecule has 0 radical (unpaired) electrons. The molecule has 2 aromatic heterocycles. The number of fused-ring (bicyclic) bond motifs is 1. The highest BCUT2D eigenvalue weighted by atomic mass is 35.5. The van der Waals surface area contributed by atoms with E-state index in [4.69, 9.17) is 21.3 Å². The number of aliphatic imine (C=N–C) groups is 1. The van der Waals surface area contributed by atoms with Crippen molar-refractivity contribution in [2.24, 2.45) is 10.4 Å². The van der Waals surface area contributed by atoms with Crippen molar-refractivity contribution in [3.63, 3.8) is 0 Å². The van der Waals surface area contributed by atoms with Gasteiger partial charge in [-0.05, 0) is 52.7 Å². The lowest BCUT2D eigenvalue weighted by atomic mass is 9.73. The van der Waals surface area contributed by atoms with Crippen LogP contribution in [0.2, 0.25) is 5.02 Å². The van der Waals surface area contributed by atoms with E-state index in [1.54, 1.807) is 21.8 Å². The second-order valence-electron chi connectivity index (χ2n) is 11.0. The fourth-order valence-corrected chi connectivity index (χ4v) is 7.55. The van der Waals surface area contributed by atoms with Gasteiger partial charge in [0.1, 0.15) is 10.4 Å². The first-order valence-corrected chi connectivity index (χ1v) is 15.0. The van der Waals surface area contributed by atoms with Gasteiger partial charge < -0.3 is 19.1 Å². The Morgan fingerprint density at radius 3 is 2.74 bits per heavy atom. The number of carbonyl (C=O) groups excluding carboxylic acids is 1. The number of hydrogen-bond donors (Lipinski definition) is 1. The van der Waals surface area contributed by atoms with Crippen LogP contribution in [0, 0.1) is 5.41 Å². The molecule has 0 saturated carbocycles. The molecule has 1 N–H and O–H groups in total. The van der Waals surface area contributed by atoms with Crippen LogP contribution in [0.1, 0.15) is 40.5 Å². The topological polar surface area (TPSA) is 97.5 Å². The molecule has 5 rings (SSSR count). The van der Waals surface area contributed by atoms with Crippen molar-refractivity contribution < 1.29 is 14.1 Å². The van der Waals surface area contributed by atoms with Gasteiger partial charge in [-0.25, -0.2) is 14.3 Å². The maximum absolute atomic E-state index is 12.9. The number of aromatic nitrogens is 2. The van der Waals surface area contributed by atoms with E-state index in [1.807, 2.05) is 46.1 Å². The molecule has 1 unspecified atom stereocenters. The van der Waals surface area contributed by atoms with Crippen molar-refractivity contribution in [1.82, 2.24) is 24.1 Å². The monoisotopic (exact) mass is 576 g/mol. The number of guanidine groups is 1. The molecule has 3 atom stereocenters. The van der Waals surface area contributed by atoms with Crippen molar-refractivity contribution in [2.75, 3.05) is 26.7 Å². The first-order chi connectivity index (χ1) is 18.0. The molecule has 3 aliphatic rings. The van der Waals surface area contributed by atoms with Crippen molar-refractivity contribution in [1.29, 1.82) is 0 Å². The zero-order valence-corrected chi connectivity index (χ0v) is 24.6. The summed E-state index contributed by atoms with van der Waals surface area (Å²) in [6, 6.07) is 3.74. The Hall–Kier alpha value is -1.98. The standard InChI is InChI=1S/C26H33ClN6O3S2/c1-17-23(30-38(35)25(2,3)4)26(16-36-17)8-12-32(13-9-26)24-28-14-21(19(15-34)31(24)5)37-20-7-11-33-18(22(20)27)6-10-29-33/h6-7,10-11,14,17,23,30H,8-9,12-13,16H2,1-5H3/t17-,23+,38?/m0/s1. The number of rotatable bonds is 4. The lowest BCUT2D eigenvalue weighted by Gasteiger charge is -2.45. The predicted octanol–water partition coefficient (Wildman–Crippen LogP) is 3.86. The second kappa shape index (κ2) is 10.5. The molecule has 0 amide bonds. The SMILES string of the molecule is C[C@@H]1OCC2(CCN(C3=NC=C(Sc4ccn5nccc5c4Cl)C(=C=O)N3C)CC2)[C@@H]1N[S+]([O-])C(C)(C)C. The van der Waals surface area contributed by atoms with Crippen LogP contribution < -0.4 is 4.72 Å². The molecule has 0 aromatic carbocycles. The van der Waals surface area contributed by atoms with Crippen LogP contribution in [-0.4, -0.2) is 79.5 Å². The number of likely N-dealkylation sites (tertiary alicyclic amines) is 1. The largest absolute Gasteiger partial charge is 0.598 e. The van der Waals surface area contributed by atoms with Gasteiger partial charge in [0.25, 0.3) is 0 Å². The minimum Gasteiger partial charge on any atom is -0.598 e. The van der Waals surface area contributed by atoms with E-state index in [0.29, 0.717) is 22.2 Å². The van der Waals surface area contributed by atoms with E-state index in [1.165, 1.54) is 11.8 Å². The summed E-state index contributed by atoms with van der Waals surface area (Å²) in [5, 5.41) is 4.78. The van der Waals surface area contributed by atoms with Crippen LogP contribution in [0.5, 0.6) is 0 Å². The van der Waals surface area contributed by atoms with E-state index in [-0.39, 0.29) is 22.3 Å². The zero-order chi connectivity index (χ0) is 27.2. The van der Waals surface area contributed by atoms with E-state index in [9.17, 15) is 9.35 Å². The fraction of sp³-hybridized carbons (Fsp3) is 0.538. The number of nitrogens with one attached hydrogen (secondary N) is 1. The molecule has 2 fully saturated rings. The number of piperidine rings is 1. The van der Waals surface area contributed by atoms with Gasteiger partial charge in [-0.1, -0.05) is 23.4 Å². The number of hydrogen-bond acceptors (Lipinski definition) is 9. The average Bonchev–Trinajstić information content (AvgIpc) is 3.48. The summed E-state index contributed by atoms with van der Waals surface area (Å²) >= 11 is 6.82. The molecule has 204 valence electrons. The molecule has 5 heterocycles. The van der Waals surface area contributed by atoms with Crippen molar-refractivity contribution in [2.45, 2.75) is 62.3 Å². The summed E-state index contributed by atoms with van der Waals surface area (Å²) in [4.78, 5) is 22.3. The van der Waals surface area contributed by atoms with Crippen LogP contribution in [0.15, 0.2) is 51.2 Å². The molecule has 38 heavy (non-hydrogen) atoms. The predicted molar refractivity (Wildman–Crippen MR) is 152 cm³/mol. The number of pyridine rings is 1. The van der Waals surface area contributed by atoms with Gasteiger partial charge in [0.2, 0.25) is 5.96 Å². The maximum Gasteiger partial charge on any atom is 0.206 e. The summed E-state index contributed by atoms with van der Waals surface area (Å²) in [5.74, 6) is 2.83. The van der Waals surface area contributed by atoms with Gasteiger partial charge in [-0.15, -0.1) is 4.72 Å². The highest BCUT2D eigenvalue weighted by Crippen LogP contribution is 2.44. The zero-order valence-electron chi connectivity index (χ0n) is 22.2. The Morgan fingerprint density at radius 1 is 1.32 bits per heavy atom. The summed E-state index contributed by atoms with van der Waals surface area (Å²) in [6.45, 7) is 10.1. The quantitative estimate of drug-likeness (QED) is 0.433. The molecule has 2 saturated heterocycles. The van der Waals surface area contributed by atoms with Gasteiger partial charge in [-0.2, -0.15) is 5.10 Å². The number of likely N-dealkylation sites (N-methyl/N-ethyl adjacent to an activating group) is 1. The third-order valence-electron chi connectivity index (χ3n) is 7.56. The van der Waals surface area contributed by atoms with Crippen LogP contribution in [-0.2, 0) is 20.9 Å². The van der Waals surface area contributed by atoms with Gasteiger partial charge in [-0.3, -0.25) is 0 Å². The van der Waals surface area contributed by atoms with E-state index in [0.717, 1.165) is 42.3 Å². The van der Waals surface area contributed by atoms with Crippen LogP contribution in [0.3, 0.4) is 0 Å². The Kier molecular flexibility index (Phi) is 7.65. The van der Waals surface area contributed by atoms with E-state index < -0.39 is 11.4 Å². The number of halogens is 1. The molecule has 0 bridgehead atoms. The molecular weight excluding hydrogens is 544 g/mol. The highest BCUT2D eigenvalue weighted by molar-refractivity contribution is 8.03. The van der Waals surface area contributed by atoms with Gasteiger partial charge >= 0.3 is 0 Å². The lowest BCUT2D eigenvalue weighted by molar-refractivity contribution is 0.0820. The van der Waals surface area contributed by atoms with Crippen molar-refractivity contribution >= 4 is 52.1 Å². The smallest absolute Gasteiger partial charge is 0.206 e. The molecule has 1 spiro atoms. The fourth-order valence-electron chi connectivity index (χ4n) is 5.26. The number of thioether (sulfide) groups is 1. The first kappa shape index (κ1) is 27.6. The number of ether oxygens (including phenoxy) is 1.